The minimum absolute atomic E-state index is 0.642. The van der Waals surface area contributed by atoms with E-state index in [1.807, 2.05) is 6.92 Å². The highest BCUT2D eigenvalue weighted by atomic mass is 15.1. The first-order valence-electron chi connectivity index (χ1n) is 5.93. The second-order valence-electron chi connectivity index (χ2n) is 4.47. The summed E-state index contributed by atoms with van der Waals surface area (Å²) in [5.41, 5.74) is 10.4. The maximum Gasteiger partial charge on any atom is 0.106 e. The molecule has 2 aromatic rings. The van der Waals surface area contributed by atoms with E-state index in [-0.39, 0.29) is 0 Å². The maximum atomic E-state index is 5.58. The van der Waals surface area contributed by atoms with Crippen molar-refractivity contribution < 1.29 is 0 Å². The lowest BCUT2D eigenvalue weighted by molar-refractivity contribution is 0.684. The molecule has 0 saturated heterocycles. The molecule has 0 atom stereocenters. The van der Waals surface area contributed by atoms with Crippen molar-refractivity contribution in [2.24, 2.45) is 5.73 Å². The number of nitrogens with two attached hydrogens (primary N) is 1. The van der Waals surface area contributed by atoms with Crippen molar-refractivity contribution in [3.8, 4) is 11.3 Å². The first-order chi connectivity index (χ1) is 8.11. The van der Waals surface area contributed by atoms with E-state index in [0.717, 1.165) is 18.1 Å². The van der Waals surface area contributed by atoms with Crippen LogP contribution in [0, 0.1) is 20.8 Å². The molecule has 3 heteroatoms. The second-order valence-corrected chi connectivity index (χ2v) is 4.47. The maximum absolute atomic E-state index is 5.58. The minimum Gasteiger partial charge on any atom is -0.333 e. The normalized spacial score (nSPS) is 10.8. The van der Waals surface area contributed by atoms with Gasteiger partial charge in [0, 0.05) is 24.8 Å². The Labute approximate surface area is 102 Å². The molecular formula is C14H19N3. The van der Waals surface area contributed by atoms with E-state index < -0.39 is 0 Å². The lowest BCUT2D eigenvalue weighted by atomic mass is 10.0. The van der Waals surface area contributed by atoms with E-state index >= 15 is 0 Å². The molecule has 0 saturated carbocycles. The van der Waals surface area contributed by atoms with Crippen LogP contribution in [-0.2, 0) is 6.54 Å². The molecule has 0 amide bonds. The Hall–Kier alpha value is -1.61. The first-order valence-corrected chi connectivity index (χ1v) is 5.93. The Morgan fingerprint density at radius 2 is 2.00 bits per heavy atom. The molecule has 0 spiro atoms. The van der Waals surface area contributed by atoms with Crippen LogP contribution < -0.4 is 5.73 Å². The third kappa shape index (κ3) is 2.39. The van der Waals surface area contributed by atoms with E-state index in [4.69, 9.17) is 5.73 Å². The van der Waals surface area contributed by atoms with Crippen LogP contribution in [0.4, 0.5) is 0 Å². The zero-order valence-corrected chi connectivity index (χ0v) is 10.7. The molecule has 90 valence electrons. The summed E-state index contributed by atoms with van der Waals surface area (Å²) in [6, 6.07) is 6.45. The van der Waals surface area contributed by atoms with E-state index in [9.17, 15) is 0 Å². The highest BCUT2D eigenvalue weighted by molar-refractivity contribution is 5.64. The summed E-state index contributed by atoms with van der Waals surface area (Å²) in [5.74, 6) is 1.02. The molecule has 17 heavy (non-hydrogen) atoms. The van der Waals surface area contributed by atoms with Crippen LogP contribution >= 0.6 is 0 Å². The van der Waals surface area contributed by atoms with Crippen molar-refractivity contribution in [3.63, 3.8) is 0 Å². The van der Waals surface area contributed by atoms with Gasteiger partial charge in [0.1, 0.15) is 5.82 Å². The Kier molecular flexibility index (Phi) is 3.29. The number of aryl methyl sites for hydroxylation is 3. The molecule has 0 fully saturated rings. The summed E-state index contributed by atoms with van der Waals surface area (Å²) in [6.07, 6.45) is 2.09. The lowest BCUT2D eigenvalue weighted by Crippen LogP contribution is -2.10. The van der Waals surface area contributed by atoms with E-state index in [2.05, 4.69) is 47.8 Å². The van der Waals surface area contributed by atoms with Crippen LogP contribution in [0.25, 0.3) is 11.3 Å². The van der Waals surface area contributed by atoms with Crippen molar-refractivity contribution >= 4 is 0 Å². The van der Waals surface area contributed by atoms with Gasteiger partial charge in [-0.2, -0.15) is 0 Å². The Morgan fingerprint density at radius 1 is 1.24 bits per heavy atom. The first kappa shape index (κ1) is 11.9. The van der Waals surface area contributed by atoms with E-state index in [1.54, 1.807) is 0 Å². The lowest BCUT2D eigenvalue weighted by Gasteiger charge is -2.03. The number of rotatable bonds is 3. The highest BCUT2D eigenvalue weighted by Crippen LogP contribution is 2.23. The molecule has 2 rings (SSSR count). The van der Waals surface area contributed by atoms with Gasteiger partial charge >= 0.3 is 0 Å². The summed E-state index contributed by atoms with van der Waals surface area (Å²) in [4.78, 5) is 4.61. The van der Waals surface area contributed by atoms with Crippen LogP contribution in [0.3, 0.4) is 0 Å². The summed E-state index contributed by atoms with van der Waals surface area (Å²) in [7, 11) is 0. The van der Waals surface area contributed by atoms with Crippen LogP contribution in [0.15, 0.2) is 24.4 Å². The van der Waals surface area contributed by atoms with Crippen LogP contribution in [0.2, 0.25) is 0 Å². The molecular weight excluding hydrogens is 210 g/mol. The molecule has 3 nitrogen and oxygen atoms in total. The SMILES string of the molecule is Cc1ccc(C)c(-c2cn(CCN)c(C)n2)c1. The molecule has 1 aromatic heterocycles. The van der Waals surface area contributed by atoms with Crippen molar-refractivity contribution in [1.82, 2.24) is 9.55 Å². The zero-order chi connectivity index (χ0) is 12.4. The van der Waals surface area contributed by atoms with Gasteiger partial charge in [-0.25, -0.2) is 4.98 Å². The Bertz CT molecular complexity index is 526. The summed E-state index contributed by atoms with van der Waals surface area (Å²) in [5, 5.41) is 0. The zero-order valence-electron chi connectivity index (χ0n) is 10.7. The summed E-state index contributed by atoms with van der Waals surface area (Å²) in [6.45, 7) is 7.70. The fraction of sp³-hybridized carbons (Fsp3) is 0.357. The van der Waals surface area contributed by atoms with Crippen molar-refractivity contribution in [2.75, 3.05) is 6.54 Å². The monoisotopic (exact) mass is 229 g/mol. The number of benzene rings is 1. The van der Waals surface area contributed by atoms with Crippen LogP contribution in [-0.4, -0.2) is 16.1 Å². The molecule has 1 heterocycles. The summed E-state index contributed by atoms with van der Waals surface area (Å²) >= 11 is 0. The highest BCUT2D eigenvalue weighted by Gasteiger charge is 2.08. The van der Waals surface area contributed by atoms with Gasteiger partial charge < -0.3 is 10.3 Å². The van der Waals surface area contributed by atoms with Gasteiger partial charge in [-0.1, -0.05) is 17.7 Å². The van der Waals surface area contributed by atoms with Gasteiger partial charge in [-0.15, -0.1) is 0 Å². The van der Waals surface area contributed by atoms with Gasteiger partial charge in [0.05, 0.1) is 5.69 Å². The molecule has 1 aromatic carbocycles. The molecule has 2 N–H and O–H groups in total. The topological polar surface area (TPSA) is 43.8 Å². The fourth-order valence-electron chi connectivity index (χ4n) is 2.02. The Morgan fingerprint density at radius 3 is 2.71 bits per heavy atom. The molecule has 0 radical (unpaired) electrons. The Balaban J connectivity index is 2.45. The quantitative estimate of drug-likeness (QED) is 0.878. The van der Waals surface area contributed by atoms with Gasteiger partial charge in [-0.05, 0) is 32.4 Å². The third-order valence-corrected chi connectivity index (χ3v) is 3.02. The number of hydrogen-bond donors (Lipinski definition) is 1. The average Bonchev–Trinajstić information content (AvgIpc) is 2.64. The van der Waals surface area contributed by atoms with Gasteiger partial charge in [-0.3, -0.25) is 0 Å². The van der Waals surface area contributed by atoms with Crippen LogP contribution in [0.5, 0.6) is 0 Å². The standard InChI is InChI=1S/C14H19N3/c1-10-4-5-11(2)13(8-10)14-9-17(7-6-15)12(3)16-14/h4-5,8-9H,6-7,15H2,1-3H3. The molecule has 0 bridgehead atoms. The van der Waals surface area contributed by atoms with E-state index in [1.165, 1.54) is 16.7 Å². The van der Waals surface area contributed by atoms with Gasteiger partial charge in [0.2, 0.25) is 0 Å². The van der Waals surface area contributed by atoms with Crippen LogP contribution in [0.1, 0.15) is 17.0 Å². The predicted molar refractivity (Wildman–Crippen MR) is 70.9 cm³/mol. The number of nitrogens with zero attached hydrogens (tertiary/aromatic N) is 2. The molecule has 0 aliphatic carbocycles. The number of hydrogen-bond acceptors (Lipinski definition) is 2. The number of imidazole rings is 1. The third-order valence-electron chi connectivity index (χ3n) is 3.02. The minimum atomic E-state index is 0.642. The molecule has 0 aliphatic heterocycles. The van der Waals surface area contributed by atoms with E-state index in [0.29, 0.717) is 6.54 Å². The summed E-state index contributed by atoms with van der Waals surface area (Å²) < 4.78 is 2.11. The van der Waals surface area contributed by atoms with Crippen molar-refractivity contribution in [1.29, 1.82) is 0 Å². The molecule has 0 unspecified atom stereocenters. The van der Waals surface area contributed by atoms with Gasteiger partial charge in [0.25, 0.3) is 0 Å². The van der Waals surface area contributed by atoms with Crippen molar-refractivity contribution in [3.05, 3.63) is 41.3 Å². The average molecular weight is 229 g/mol. The number of aromatic nitrogens is 2. The largest absolute Gasteiger partial charge is 0.333 e. The second kappa shape index (κ2) is 4.72. The predicted octanol–water partition coefficient (Wildman–Crippen LogP) is 2.43. The van der Waals surface area contributed by atoms with Crippen molar-refractivity contribution in [2.45, 2.75) is 27.3 Å². The fourth-order valence-corrected chi connectivity index (χ4v) is 2.02. The molecule has 0 aliphatic rings. The smallest absolute Gasteiger partial charge is 0.106 e. The van der Waals surface area contributed by atoms with Gasteiger partial charge in [0.15, 0.2) is 0 Å².